The number of carbonyl (C=O) groups excluding carboxylic acids is 3. The zero-order chi connectivity index (χ0) is 15.3. The van der Waals surface area contributed by atoms with Crippen molar-refractivity contribution in [2.24, 2.45) is 0 Å². The van der Waals surface area contributed by atoms with Crippen LogP contribution in [0, 0.1) is 0 Å². The highest BCUT2D eigenvalue weighted by atomic mass is 16.5. The summed E-state index contributed by atoms with van der Waals surface area (Å²) in [5.41, 5.74) is 0. The predicted molar refractivity (Wildman–Crippen MR) is 65.8 cm³/mol. The van der Waals surface area contributed by atoms with E-state index in [1.54, 1.807) is 0 Å². The Hall–Kier alpha value is -2.16. The molecule has 0 spiro atoms. The maximum Gasteiger partial charge on any atom is 0.318 e. The fourth-order valence-electron chi connectivity index (χ4n) is 1.70. The summed E-state index contributed by atoms with van der Waals surface area (Å²) in [6.07, 6.45) is -0.938. The van der Waals surface area contributed by atoms with Gasteiger partial charge in [-0.05, 0) is 6.92 Å². The normalized spacial score (nSPS) is 20.3. The second-order valence-corrected chi connectivity index (χ2v) is 4.36. The number of nitrogens with zero attached hydrogens (tertiary/aromatic N) is 1. The molecular weight excluding hydrogens is 270 g/mol. The highest BCUT2D eigenvalue weighted by Crippen LogP contribution is 2.05. The van der Waals surface area contributed by atoms with Gasteiger partial charge in [0, 0.05) is 13.7 Å². The molecule has 4 amide bonds. The van der Waals surface area contributed by atoms with Crippen LogP contribution < -0.4 is 10.6 Å². The highest BCUT2D eigenvalue weighted by Gasteiger charge is 2.33. The van der Waals surface area contributed by atoms with Gasteiger partial charge in [0.15, 0.2) is 0 Å². The molecule has 0 aliphatic carbocycles. The molecule has 20 heavy (non-hydrogen) atoms. The number of hydrogen-bond acceptors (Lipinski definition) is 5. The third-order valence-corrected chi connectivity index (χ3v) is 2.90. The van der Waals surface area contributed by atoms with Crippen molar-refractivity contribution in [3.05, 3.63) is 0 Å². The number of ether oxygens (including phenoxy) is 1. The van der Waals surface area contributed by atoms with Gasteiger partial charge in [-0.15, -0.1) is 0 Å². The third-order valence-electron chi connectivity index (χ3n) is 2.90. The van der Waals surface area contributed by atoms with Gasteiger partial charge in [0.1, 0.15) is 12.6 Å². The molecule has 1 fully saturated rings. The molecule has 2 unspecified atom stereocenters. The molecule has 112 valence electrons. The van der Waals surface area contributed by atoms with Crippen LogP contribution >= 0.6 is 0 Å². The molecule has 0 aromatic rings. The van der Waals surface area contributed by atoms with E-state index in [1.165, 1.54) is 14.0 Å². The first-order valence-electron chi connectivity index (χ1n) is 5.98. The van der Waals surface area contributed by atoms with Crippen molar-refractivity contribution in [2.45, 2.75) is 25.5 Å². The molecule has 1 aliphatic rings. The lowest BCUT2D eigenvalue weighted by molar-refractivity contribution is -0.140. The number of aliphatic carboxylic acids is 1. The number of carbonyl (C=O) groups is 4. The highest BCUT2D eigenvalue weighted by molar-refractivity contribution is 6.03. The molecule has 9 heteroatoms. The molecule has 9 nitrogen and oxygen atoms in total. The average molecular weight is 287 g/mol. The van der Waals surface area contributed by atoms with E-state index in [4.69, 9.17) is 9.84 Å². The molecule has 0 radical (unpaired) electrons. The van der Waals surface area contributed by atoms with E-state index in [0.29, 0.717) is 0 Å². The van der Waals surface area contributed by atoms with Crippen LogP contribution in [0.4, 0.5) is 4.79 Å². The summed E-state index contributed by atoms with van der Waals surface area (Å²) < 4.78 is 4.91. The zero-order valence-corrected chi connectivity index (χ0v) is 11.2. The van der Waals surface area contributed by atoms with Gasteiger partial charge in [-0.1, -0.05) is 0 Å². The van der Waals surface area contributed by atoms with Gasteiger partial charge < -0.3 is 20.1 Å². The first kappa shape index (κ1) is 15.9. The van der Waals surface area contributed by atoms with E-state index in [0.717, 1.165) is 4.90 Å². The smallest absolute Gasteiger partial charge is 0.318 e. The number of nitrogens with one attached hydrogen (secondary N) is 2. The van der Waals surface area contributed by atoms with Crippen LogP contribution in [0.3, 0.4) is 0 Å². The summed E-state index contributed by atoms with van der Waals surface area (Å²) in [5, 5.41) is 13.2. The van der Waals surface area contributed by atoms with Crippen LogP contribution in [-0.2, 0) is 19.1 Å². The van der Waals surface area contributed by atoms with Crippen molar-refractivity contribution in [1.29, 1.82) is 0 Å². The van der Waals surface area contributed by atoms with Gasteiger partial charge >= 0.3 is 12.0 Å². The molecule has 1 saturated heterocycles. The molecule has 0 aromatic heterocycles. The van der Waals surface area contributed by atoms with Gasteiger partial charge in [-0.25, -0.2) is 4.79 Å². The van der Waals surface area contributed by atoms with Crippen molar-refractivity contribution in [1.82, 2.24) is 15.5 Å². The largest absolute Gasteiger partial charge is 0.481 e. The number of carboxylic acids is 1. The molecule has 1 rings (SSSR count). The van der Waals surface area contributed by atoms with Gasteiger partial charge in [-0.3, -0.25) is 19.7 Å². The molecule has 0 saturated carbocycles. The lowest BCUT2D eigenvalue weighted by Gasteiger charge is -2.32. The summed E-state index contributed by atoms with van der Waals surface area (Å²) in [6.45, 7) is 1.24. The molecule has 1 aliphatic heterocycles. The van der Waals surface area contributed by atoms with Gasteiger partial charge in [0.2, 0.25) is 11.8 Å². The van der Waals surface area contributed by atoms with E-state index in [9.17, 15) is 19.2 Å². The minimum Gasteiger partial charge on any atom is -0.481 e. The van der Waals surface area contributed by atoms with Gasteiger partial charge in [0.05, 0.1) is 12.5 Å². The molecule has 0 bridgehead atoms. The Kier molecular flexibility index (Phi) is 5.44. The van der Waals surface area contributed by atoms with Crippen LogP contribution in [0.1, 0.15) is 13.3 Å². The van der Waals surface area contributed by atoms with Gasteiger partial charge in [0.25, 0.3) is 0 Å². The van der Waals surface area contributed by atoms with E-state index in [2.05, 4.69) is 10.6 Å². The third kappa shape index (κ3) is 4.19. The van der Waals surface area contributed by atoms with Crippen LogP contribution in [0.2, 0.25) is 0 Å². The van der Waals surface area contributed by atoms with E-state index < -0.39 is 36.0 Å². The maximum absolute atomic E-state index is 11.9. The Morgan fingerprint density at radius 3 is 2.75 bits per heavy atom. The van der Waals surface area contributed by atoms with Gasteiger partial charge in [-0.2, -0.15) is 0 Å². The average Bonchev–Trinajstić information content (AvgIpc) is 2.37. The first-order valence-corrected chi connectivity index (χ1v) is 5.98. The summed E-state index contributed by atoms with van der Waals surface area (Å²) in [6, 6.07) is -1.39. The predicted octanol–water partition coefficient (Wildman–Crippen LogP) is -1.47. The number of urea groups is 1. The fourth-order valence-corrected chi connectivity index (χ4v) is 1.70. The molecule has 3 N–H and O–H groups in total. The number of rotatable bonds is 5. The quantitative estimate of drug-likeness (QED) is 0.530. The summed E-state index contributed by atoms with van der Waals surface area (Å²) >= 11 is 0. The zero-order valence-electron chi connectivity index (χ0n) is 11.2. The summed E-state index contributed by atoms with van der Waals surface area (Å²) in [5.74, 6) is -2.16. The maximum atomic E-state index is 11.9. The number of amides is 4. The number of imide groups is 1. The standard InChI is InChI=1S/C11H17N3O6/c1-6-10(18)13-8(15)5-14(6)11(19)12-4-7(20-2)3-9(16)17/h6-7H,3-5H2,1-2H3,(H,12,19)(H,16,17)(H,13,15,18). The summed E-state index contributed by atoms with van der Waals surface area (Å²) in [4.78, 5) is 46.1. The molecule has 0 aromatic carbocycles. The minimum absolute atomic E-state index is 0.0271. The second-order valence-electron chi connectivity index (χ2n) is 4.36. The molecular formula is C11H17N3O6. The molecule has 2 atom stereocenters. The van der Waals surface area contributed by atoms with E-state index >= 15 is 0 Å². The Morgan fingerprint density at radius 2 is 2.20 bits per heavy atom. The first-order chi connectivity index (χ1) is 9.35. The number of hydrogen-bond donors (Lipinski definition) is 3. The van der Waals surface area contributed by atoms with Crippen molar-refractivity contribution in [3.63, 3.8) is 0 Å². The summed E-state index contributed by atoms with van der Waals surface area (Å²) in [7, 11) is 1.33. The van der Waals surface area contributed by atoms with Crippen LogP contribution in [-0.4, -0.2) is 66.2 Å². The SMILES string of the molecule is COC(CNC(=O)N1CC(=O)NC(=O)C1C)CC(=O)O. The lowest BCUT2D eigenvalue weighted by atomic mass is 10.2. The fraction of sp³-hybridized carbons (Fsp3) is 0.636. The minimum atomic E-state index is -1.05. The van der Waals surface area contributed by atoms with Crippen LogP contribution in [0.15, 0.2) is 0 Å². The second kappa shape index (κ2) is 6.85. The van der Waals surface area contributed by atoms with Crippen LogP contribution in [0.25, 0.3) is 0 Å². The van der Waals surface area contributed by atoms with Crippen molar-refractivity contribution < 1.29 is 29.0 Å². The molecule has 1 heterocycles. The Labute approximate surface area is 115 Å². The Bertz CT molecular complexity index is 424. The Morgan fingerprint density at radius 1 is 1.55 bits per heavy atom. The lowest BCUT2D eigenvalue weighted by Crippen LogP contribution is -2.61. The van der Waals surface area contributed by atoms with Crippen LogP contribution in [0.5, 0.6) is 0 Å². The topological polar surface area (TPSA) is 125 Å². The number of methoxy groups -OCH3 is 1. The van der Waals surface area contributed by atoms with E-state index in [1.807, 2.05) is 0 Å². The number of carboxylic acid groups (broad SMARTS) is 1. The Balaban J connectivity index is 2.54. The van der Waals surface area contributed by atoms with E-state index in [-0.39, 0.29) is 19.5 Å². The van der Waals surface area contributed by atoms with Crippen molar-refractivity contribution in [2.75, 3.05) is 20.2 Å². The van der Waals surface area contributed by atoms with Crippen molar-refractivity contribution in [3.8, 4) is 0 Å². The number of piperazine rings is 1. The van der Waals surface area contributed by atoms with Crippen molar-refractivity contribution >= 4 is 23.8 Å². The monoisotopic (exact) mass is 287 g/mol.